The zero-order chi connectivity index (χ0) is 70.1. The van der Waals surface area contributed by atoms with Gasteiger partial charge in [0.25, 0.3) is 23.7 Å². The zero-order valence-electron chi connectivity index (χ0n) is 51.7. The molecule has 0 bridgehead atoms. The number of fused-ring (bicyclic) bond motifs is 2. The van der Waals surface area contributed by atoms with Crippen LogP contribution in [0.2, 0.25) is 0 Å². The number of aryl methyl sites for hydroxylation is 2. The topological polar surface area (TPSA) is 302 Å². The summed E-state index contributed by atoms with van der Waals surface area (Å²) >= 11 is 8.66. The minimum absolute atomic E-state index is 0. The SMILES string of the molecule is Cc1cccc(CC(O)[C@H]2C[C@@H](F)CN2)n1.Cc1cccc(CC(O)[C@H]2C[C@@H](F)CN2C(=O)Cn2cc(C(N)=O)c3cc(NC(=O)N4CCCC(F)(F)C4)ccc32)n1.NC(=O)c1cn(CC(=O)O)c2ccc(CC(=O)N3CCCC(F)(F)C3)cc12.O=CC(F)(F)F.S.S=S=S=S. The Hall–Kier alpha value is -7.41. The van der Waals surface area contributed by atoms with Gasteiger partial charge >= 0.3 is 18.2 Å². The van der Waals surface area contributed by atoms with Gasteiger partial charge in [-0.1, -0.05) is 18.2 Å². The molecule has 4 aliphatic rings. The maximum Gasteiger partial charge on any atom is 0.446 e. The number of aromatic nitrogens is 4. The average Bonchev–Trinajstić information content (AvgIpc) is 1.63. The molecular weight excluding hydrogens is 1380 g/mol. The smallest absolute Gasteiger partial charge is 0.446 e. The Morgan fingerprint density at radius 1 is 0.740 bits per heavy atom. The number of carbonyl (C=O) groups is 7. The second kappa shape index (κ2) is 35.7. The van der Waals surface area contributed by atoms with Crippen LogP contribution in [0, 0.1) is 13.8 Å². The number of hydrogen-bond donors (Lipinski definition) is 7. The van der Waals surface area contributed by atoms with Crippen LogP contribution in [0.15, 0.2) is 85.2 Å². The molecule has 96 heavy (non-hydrogen) atoms. The van der Waals surface area contributed by atoms with Gasteiger partial charge < -0.3 is 61.3 Å². The van der Waals surface area contributed by atoms with E-state index in [1.807, 2.05) is 44.2 Å². The second-order valence-corrected chi connectivity index (χ2v) is 26.5. The van der Waals surface area contributed by atoms with Crippen LogP contribution in [0.3, 0.4) is 0 Å². The van der Waals surface area contributed by atoms with E-state index in [-0.39, 0.29) is 114 Å². The number of piperidine rings is 2. The van der Waals surface area contributed by atoms with Gasteiger partial charge in [0.05, 0.1) is 55.4 Å². The first-order valence-electron chi connectivity index (χ1n) is 29.5. The van der Waals surface area contributed by atoms with E-state index < -0.39 is 104 Å². The number of nitrogens with zero attached hydrogens (tertiary/aromatic N) is 7. The second-order valence-electron chi connectivity index (χ2n) is 23.0. The average molecular weight is 1450 g/mol. The molecule has 8 heterocycles. The molecule has 10 rings (SSSR count). The number of aliphatic hydroxyl groups is 2. The molecule has 21 nitrogen and oxygen atoms in total. The van der Waals surface area contributed by atoms with Crippen LogP contribution in [-0.2, 0) is 91.7 Å². The summed E-state index contributed by atoms with van der Waals surface area (Å²) in [5, 5.41) is 36.2. The molecule has 4 aliphatic heterocycles. The van der Waals surface area contributed by atoms with E-state index in [1.54, 1.807) is 30.3 Å². The van der Waals surface area contributed by atoms with Crippen LogP contribution in [0.25, 0.3) is 21.8 Å². The molecule has 4 aromatic heterocycles. The molecule has 9 N–H and O–H groups in total. The Morgan fingerprint density at radius 2 is 1.25 bits per heavy atom. The Kier molecular flexibility index (Phi) is 29.5. The number of anilines is 1. The number of nitrogens with one attached hydrogen (secondary N) is 2. The Bertz CT molecular complexity index is 3810. The van der Waals surface area contributed by atoms with E-state index in [0.29, 0.717) is 52.4 Å². The van der Waals surface area contributed by atoms with Gasteiger partial charge in [0.2, 0.25) is 18.1 Å². The highest BCUT2D eigenvalue weighted by atomic mass is 33.2. The van der Waals surface area contributed by atoms with Gasteiger partial charge in [-0.2, -0.15) is 26.7 Å². The van der Waals surface area contributed by atoms with Crippen molar-refractivity contribution in [3.63, 3.8) is 0 Å². The standard InChI is InChI=1S/C29H33F3N6O4.C18H19F2N3O4.C12H17FN2O.C2HF3O.S4.H2S/c1-17-4-2-5-19(34-17)12-25(39)24-10-18(30)13-38(24)26(40)15-37-14-22(27(33)41)21-11-20(6-7-23(21)37)35-28(42)36-9-3-8-29(31,32)16-36;19-18(20)4-1-5-22(10-18)15(24)7-11-2-3-14-12(6-11)13(17(21)27)8-23(14)9-16(25)26;1-8-3-2-4-10(15-8)6-12(16)11-5-9(13)7-14-11;3-2(4,5)1-6;1-3-4-2;/h2,4-7,11,14,18,24-25,39H,3,8-10,12-13,15-16H2,1H3,(H2,33,41)(H,35,42);2-3,6,8H,1,4-5,7,9-10H2,(H2,21,27)(H,25,26);2-4,9,11-12,14,16H,5-7H2,1H3;1H;;1H2/t18-,24-,25?;;9-,11-,12?;;;/m1.1.../s1. The van der Waals surface area contributed by atoms with Crippen LogP contribution in [0.1, 0.15) is 87.6 Å². The van der Waals surface area contributed by atoms with E-state index in [2.05, 4.69) is 43.0 Å². The fourth-order valence-corrected chi connectivity index (χ4v) is 11.3. The third kappa shape index (κ3) is 23.7. The van der Waals surface area contributed by atoms with Crippen LogP contribution in [-0.4, -0.2) is 185 Å². The number of rotatable bonds is 15. The van der Waals surface area contributed by atoms with E-state index >= 15 is 0 Å². The zero-order valence-corrected chi connectivity index (χ0v) is 55.9. The number of alkyl halides is 9. The van der Waals surface area contributed by atoms with E-state index in [4.69, 9.17) is 21.4 Å². The number of hydrogen-bond acceptors (Lipinski definition) is 14. The van der Waals surface area contributed by atoms with E-state index in [0.717, 1.165) is 26.9 Å². The fourth-order valence-electron chi connectivity index (χ4n) is 11.3. The quantitative estimate of drug-likeness (QED) is 0.0415. The predicted molar refractivity (Wildman–Crippen MR) is 353 cm³/mol. The monoisotopic (exact) mass is 1450 g/mol. The van der Waals surface area contributed by atoms with Gasteiger partial charge in [0.1, 0.15) is 25.4 Å². The highest BCUT2D eigenvalue weighted by molar-refractivity contribution is 8.51. The first kappa shape index (κ1) is 79.3. The summed E-state index contributed by atoms with van der Waals surface area (Å²) in [4.78, 5) is 94.3. The lowest BCUT2D eigenvalue weighted by molar-refractivity contribution is -0.156. The first-order valence-corrected chi connectivity index (χ1v) is 33.5. The number of pyridine rings is 2. The molecule has 0 aliphatic carbocycles. The van der Waals surface area contributed by atoms with Crippen LogP contribution in [0.4, 0.5) is 50.0 Å². The van der Waals surface area contributed by atoms with Crippen molar-refractivity contribution in [1.82, 2.24) is 39.1 Å². The number of carbonyl (C=O) groups excluding carboxylic acids is 6. The lowest BCUT2D eigenvalue weighted by Gasteiger charge is -2.32. The molecule has 0 radical (unpaired) electrons. The van der Waals surface area contributed by atoms with Gasteiger partial charge in [-0.05, 0) is 93.3 Å². The number of likely N-dealkylation sites (tertiary alicyclic amines) is 3. The highest BCUT2D eigenvalue weighted by Crippen LogP contribution is 2.32. The molecule has 2 aromatic carbocycles. The number of primary amides is 2. The maximum absolute atomic E-state index is 14.5. The van der Waals surface area contributed by atoms with Crippen molar-refractivity contribution in [2.24, 2.45) is 11.5 Å². The lowest BCUT2D eigenvalue weighted by atomic mass is 10.0. The largest absolute Gasteiger partial charge is 0.480 e. The molecule has 6 atom stereocenters. The third-order valence-electron chi connectivity index (χ3n) is 15.5. The van der Waals surface area contributed by atoms with Gasteiger partial charge in [0.15, 0.2) is 0 Å². The number of halogens is 9. The van der Waals surface area contributed by atoms with Crippen LogP contribution < -0.4 is 22.1 Å². The van der Waals surface area contributed by atoms with Crippen LogP contribution in [0.5, 0.6) is 0 Å². The first-order chi connectivity index (χ1) is 44.7. The summed E-state index contributed by atoms with van der Waals surface area (Å²) < 4.78 is 116. The summed E-state index contributed by atoms with van der Waals surface area (Å²) in [5.74, 6) is -9.25. The highest BCUT2D eigenvalue weighted by Gasteiger charge is 2.41. The normalized spacial score (nSPS) is 19.2. The molecule has 6 amide bonds. The molecule has 35 heteroatoms. The fraction of sp³-hybridized carbons (Fsp3) is 0.459. The van der Waals surface area contributed by atoms with Crippen molar-refractivity contribution in [3.8, 4) is 0 Å². The maximum atomic E-state index is 14.5. The molecule has 524 valence electrons. The van der Waals surface area contributed by atoms with Gasteiger partial charge in [-0.3, -0.25) is 38.7 Å². The molecular formula is C61H72F9N11O10S5. The van der Waals surface area contributed by atoms with Crippen molar-refractivity contribution in [2.75, 3.05) is 44.6 Å². The van der Waals surface area contributed by atoms with Crippen molar-refractivity contribution < 1.29 is 88.4 Å². The van der Waals surface area contributed by atoms with Gasteiger partial charge in [0, 0.05) is 161 Å². The van der Waals surface area contributed by atoms with Gasteiger partial charge in [-0.25, -0.2) is 31.1 Å². The van der Waals surface area contributed by atoms with E-state index in [9.17, 15) is 78.5 Å². The minimum Gasteiger partial charge on any atom is -0.480 e. The van der Waals surface area contributed by atoms with Crippen molar-refractivity contribution in [3.05, 3.63) is 125 Å². The Balaban J connectivity index is 0.000000262. The summed E-state index contributed by atoms with van der Waals surface area (Å²) in [6.07, 6.45) is -5.78. The Morgan fingerprint density at radius 3 is 1.74 bits per heavy atom. The summed E-state index contributed by atoms with van der Waals surface area (Å²) in [6, 6.07) is 18.9. The Labute approximate surface area is 567 Å². The molecule has 6 aromatic rings. The molecule has 0 saturated carbocycles. The van der Waals surface area contributed by atoms with Crippen molar-refractivity contribution in [2.45, 2.75) is 139 Å². The molecule has 0 spiro atoms. The number of aliphatic carboxylic acids is 1. The lowest BCUT2D eigenvalue weighted by Crippen LogP contribution is -2.47. The minimum atomic E-state index is -4.64. The number of aldehydes is 1. The number of carboxylic acid groups (broad SMARTS) is 1. The van der Waals surface area contributed by atoms with Gasteiger partial charge in [-0.15, -0.1) is 0 Å². The summed E-state index contributed by atoms with van der Waals surface area (Å²) in [6.45, 7) is 2.55. The van der Waals surface area contributed by atoms with Crippen molar-refractivity contribution >= 4 is 123 Å². The molecule has 4 fully saturated rings. The molecule has 2 unspecified atom stereocenters. The summed E-state index contributed by atoms with van der Waals surface area (Å²) in [5.41, 5.74) is 16.2. The van der Waals surface area contributed by atoms with E-state index in [1.165, 1.54) is 56.3 Å². The number of aliphatic hydroxyl groups excluding tert-OH is 2. The number of amides is 6. The number of urea groups is 1. The molecule has 4 saturated heterocycles. The third-order valence-corrected chi connectivity index (χ3v) is 17.7. The number of carboxylic acids is 1. The van der Waals surface area contributed by atoms with Crippen molar-refractivity contribution in [1.29, 1.82) is 0 Å². The predicted octanol–water partition coefficient (Wildman–Crippen LogP) is 6.72. The summed E-state index contributed by atoms with van der Waals surface area (Å²) in [7, 11) is 2.34. The van der Waals surface area contributed by atoms with Crippen LogP contribution >= 0.6 is 13.5 Å². The number of benzene rings is 2. The number of nitrogens with two attached hydrogens (primary N) is 2.